The van der Waals surface area contributed by atoms with E-state index in [1.54, 1.807) is 0 Å². The van der Waals surface area contributed by atoms with Gasteiger partial charge in [0.2, 0.25) is 0 Å². The van der Waals surface area contributed by atoms with Gasteiger partial charge in [0.1, 0.15) is 11.5 Å². The highest BCUT2D eigenvalue weighted by Crippen LogP contribution is 2.60. The molecule has 12 aromatic rings. The van der Waals surface area contributed by atoms with Crippen molar-refractivity contribution < 1.29 is 4.74 Å². The molecule has 0 amide bonds. The van der Waals surface area contributed by atoms with E-state index in [9.17, 15) is 0 Å². The van der Waals surface area contributed by atoms with Crippen LogP contribution in [0.2, 0.25) is 0 Å². The summed E-state index contributed by atoms with van der Waals surface area (Å²) in [6.45, 7) is 6.67. The first-order chi connectivity index (χ1) is 35.1. The molecule has 71 heavy (non-hydrogen) atoms. The van der Waals surface area contributed by atoms with Crippen molar-refractivity contribution in [3.8, 4) is 34.0 Å². The molecule has 4 heteroatoms. The standard InChI is InChI=1S/C67H45N3O/c1-43(45-20-6-3-7-21-45)40-58(68-44(2)46-22-8-4-9-23-46)52-28-19-34-62-65(52)53-41-47(37-39-60(53)69(62)49-24-10-5-11-25-49)48-36-38-56-64(42-48)71-63-35-17-14-30-55(63)67(56)54-29-13-16-33-61(54)70-59-32-15-12-26-50(59)51-27-18-31-57(67)66(51)70/h3-42H,1H2,2H3/b58-40-,68-44?. The Kier molecular flexibility index (Phi) is 9.14. The molecule has 334 valence electrons. The monoisotopic (exact) mass is 907 g/mol. The van der Waals surface area contributed by atoms with Crippen molar-refractivity contribution in [2.24, 2.45) is 4.99 Å². The fourth-order valence-corrected chi connectivity index (χ4v) is 11.8. The van der Waals surface area contributed by atoms with E-state index < -0.39 is 5.41 Å². The van der Waals surface area contributed by atoms with Gasteiger partial charge in [0, 0.05) is 49.6 Å². The van der Waals surface area contributed by atoms with Gasteiger partial charge in [0.05, 0.1) is 38.9 Å². The van der Waals surface area contributed by atoms with Gasteiger partial charge in [-0.1, -0.05) is 189 Å². The van der Waals surface area contributed by atoms with E-state index in [0.717, 1.165) is 94.9 Å². The Morgan fingerprint density at radius 3 is 1.92 bits per heavy atom. The van der Waals surface area contributed by atoms with Gasteiger partial charge in [-0.3, -0.25) is 4.99 Å². The molecule has 2 aliphatic rings. The van der Waals surface area contributed by atoms with Crippen molar-refractivity contribution in [2.75, 3.05) is 0 Å². The van der Waals surface area contributed by atoms with Crippen LogP contribution in [-0.2, 0) is 5.41 Å². The number of para-hydroxylation sites is 5. The summed E-state index contributed by atoms with van der Waals surface area (Å²) in [6, 6.07) is 85.1. The summed E-state index contributed by atoms with van der Waals surface area (Å²) < 4.78 is 12.0. The van der Waals surface area contributed by atoms with Crippen LogP contribution in [0, 0.1) is 0 Å². The predicted molar refractivity (Wildman–Crippen MR) is 295 cm³/mol. The largest absolute Gasteiger partial charge is 0.457 e. The Balaban J connectivity index is 1.00. The Bertz CT molecular complexity index is 4210. The minimum absolute atomic E-state index is 0.643. The highest BCUT2D eigenvalue weighted by molar-refractivity contribution is 6.16. The number of nitrogens with zero attached hydrogens (tertiary/aromatic N) is 3. The zero-order valence-electron chi connectivity index (χ0n) is 39.1. The second-order valence-corrected chi connectivity index (χ2v) is 18.7. The van der Waals surface area contributed by atoms with Crippen molar-refractivity contribution in [3.63, 3.8) is 0 Å². The number of fused-ring (bicyclic) bond motifs is 14. The first-order valence-corrected chi connectivity index (χ1v) is 24.3. The number of rotatable bonds is 7. The lowest BCUT2D eigenvalue weighted by molar-refractivity contribution is 0.434. The molecule has 0 bridgehead atoms. The van der Waals surface area contributed by atoms with Crippen LogP contribution in [0.3, 0.4) is 0 Å². The molecule has 1 atom stereocenters. The topological polar surface area (TPSA) is 31.4 Å². The normalized spacial score (nSPS) is 14.9. The van der Waals surface area contributed by atoms with E-state index in [-0.39, 0.29) is 0 Å². The van der Waals surface area contributed by atoms with Crippen molar-refractivity contribution in [2.45, 2.75) is 12.3 Å². The average Bonchev–Trinajstić information content (AvgIpc) is 3.96. The lowest BCUT2D eigenvalue weighted by Crippen LogP contribution is -2.37. The second-order valence-electron chi connectivity index (χ2n) is 18.7. The number of benzene rings is 10. The number of aromatic nitrogens is 2. The summed E-state index contributed by atoms with van der Waals surface area (Å²) in [5.74, 6) is 1.71. The van der Waals surface area contributed by atoms with Crippen LogP contribution in [0.1, 0.15) is 45.9 Å². The number of hydrogen-bond donors (Lipinski definition) is 0. The van der Waals surface area contributed by atoms with E-state index in [2.05, 4.69) is 253 Å². The SMILES string of the molecule is C=C(/C=C(\N=C(C)c1ccccc1)c1cccc2c1c1cc(-c3ccc4c(c3)Oc3ccccc3C43c4ccccc4-n4c5ccccc5c5cccc3c54)ccc1n2-c1ccccc1)c1ccccc1. The zero-order valence-corrected chi connectivity index (χ0v) is 39.1. The molecular formula is C67H45N3O. The number of aliphatic imine (C=N–C) groups is 1. The summed E-state index contributed by atoms with van der Waals surface area (Å²) in [4.78, 5) is 5.46. The van der Waals surface area contributed by atoms with Gasteiger partial charge >= 0.3 is 0 Å². The maximum absolute atomic E-state index is 7.10. The Morgan fingerprint density at radius 1 is 0.479 bits per heavy atom. The van der Waals surface area contributed by atoms with Crippen LogP contribution in [0.4, 0.5) is 0 Å². The summed E-state index contributed by atoms with van der Waals surface area (Å²) >= 11 is 0. The fraction of sp³-hybridized carbons (Fsp3) is 0.0299. The smallest absolute Gasteiger partial charge is 0.132 e. The molecule has 0 aliphatic carbocycles. The van der Waals surface area contributed by atoms with E-state index in [1.807, 2.05) is 12.1 Å². The average molecular weight is 908 g/mol. The van der Waals surface area contributed by atoms with Crippen molar-refractivity contribution in [1.82, 2.24) is 9.13 Å². The van der Waals surface area contributed by atoms with Crippen LogP contribution in [0.15, 0.2) is 254 Å². The Hall–Kier alpha value is -9.25. The molecule has 0 saturated carbocycles. The van der Waals surface area contributed by atoms with Gasteiger partial charge in [0.25, 0.3) is 0 Å². The lowest BCUT2D eigenvalue weighted by atomic mass is 9.61. The molecule has 0 N–H and O–H groups in total. The van der Waals surface area contributed by atoms with Gasteiger partial charge < -0.3 is 13.9 Å². The molecule has 0 radical (unpaired) electrons. The highest BCUT2D eigenvalue weighted by Gasteiger charge is 2.50. The van der Waals surface area contributed by atoms with Crippen molar-refractivity contribution in [3.05, 3.63) is 288 Å². The molecule has 0 saturated heterocycles. The molecule has 14 rings (SSSR count). The maximum Gasteiger partial charge on any atom is 0.132 e. The number of hydrogen-bond acceptors (Lipinski definition) is 2. The number of ether oxygens (including phenoxy) is 1. The van der Waals surface area contributed by atoms with Gasteiger partial charge in [-0.05, 0) is 107 Å². The minimum atomic E-state index is -0.643. The summed E-state index contributed by atoms with van der Waals surface area (Å²) in [6.07, 6.45) is 2.14. The molecule has 0 fully saturated rings. The first kappa shape index (κ1) is 40.8. The molecule has 2 aromatic heterocycles. The molecule has 2 aliphatic heterocycles. The van der Waals surface area contributed by atoms with Crippen LogP contribution in [0.25, 0.3) is 77.4 Å². The number of allylic oxidation sites excluding steroid dienone is 2. The molecular weight excluding hydrogens is 863 g/mol. The molecule has 4 nitrogen and oxygen atoms in total. The van der Waals surface area contributed by atoms with Crippen molar-refractivity contribution >= 4 is 60.6 Å². The third-order valence-corrected chi connectivity index (χ3v) is 14.9. The lowest BCUT2D eigenvalue weighted by Gasteiger charge is -2.45. The van der Waals surface area contributed by atoms with E-state index in [4.69, 9.17) is 9.73 Å². The Morgan fingerprint density at radius 2 is 1.08 bits per heavy atom. The zero-order chi connectivity index (χ0) is 47.2. The summed E-state index contributed by atoms with van der Waals surface area (Å²) in [5, 5.41) is 4.75. The molecule has 1 spiro atoms. The third-order valence-electron chi connectivity index (χ3n) is 14.9. The van der Waals surface area contributed by atoms with Gasteiger partial charge in [0.15, 0.2) is 0 Å². The summed E-state index contributed by atoms with van der Waals surface area (Å²) in [5.41, 5.74) is 19.0. The van der Waals surface area contributed by atoms with Gasteiger partial charge in [-0.25, -0.2) is 0 Å². The van der Waals surface area contributed by atoms with Crippen LogP contribution < -0.4 is 4.74 Å². The summed E-state index contributed by atoms with van der Waals surface area (Å²) in [7, 11) is 0. The van der Waals surface area contributed by atoms with E-state index in [0.29, 0.717) is 0 Å². The molecule has 4 heterocycles. The fourth-order valence-electron chi connectivity index (χ4n) is 11.8. The van der Waals surface area contributed by atoms with E-state index in [1.165, 1.54) is 38.6 Å². The first-order valence-electron chi connectivity index (χ1n) is 24.3. The highest BCUT2D eigenvalue weighted by atomic mass is 16.5. The predicted octanol–water partition coefficient (Wildman–Crippen LogP) is 16.9. The molecule has 10 aromatic carbocycles. The maximum atomic E-state index is 7.10. The van der Waals surface area contributed by atoms with Gasteiger partial charge in [-0.15, -0.1) is 0 Å². The van der Waals surface area contributed by atoms with Gasteiger partial charge in [-0.2, -0.15) is 0 Å². The Labute approximate surface area is 412 Å². The van der Waals surface area contributed by atoms with E-state index >= 15 is 0 Å². The molecule has 1 unspecified atom stereocenters. The minimum Gasteiger partial charge on any atom is -0.457 e. The van der Waals surface area contributed by atoms with Crippen LogP contribution in [0.5, 0.6) is 11.5 Å². The van der Waals surface area contributed by atoms with Crippen LogP contribution >= 0.6 is 0 Å². The van der Waals surface area contributed by atoms with Crippen molar-refractivity contribution in [1.29, 1.82) is 0 Å². The van der Waals surface area contributed by atoms with Crippen LogP contribution in [-0.4, -0.2) is 14.8 Å². The third kappa shape index (κ3) is 6.08. The second kappa shape index (κ2) is 15.9. The quantitative estimate of drug-likeness (QED) is 0.116.